The van der Waals surface area contributed by atoms with Crippen molar-refractivity contribution in [2.45, 2.75) is 13.2 Å². The first-order valence-electron chi connectivity index (χ1n) is 5.60. The maximum Gasteiger partial charge on any atom is 0.293 e. The van der Waals surface area contributed by atoms with Crippen LogP contribution in [0.4, 0.5) is 11.4 Å². The van der Waals surface area contributed by atoms with Gasteiger partial charge in [0.05, 0.1) is 35.4 Å². The van der Waals surface area contributed by atoms with E-state index >= 15 is 0 Å². The molecular formula is C12H10N4O3S. The van der Waals surface area contributed by atoms with E-state index in [2.05, 4.69) is 10.3 Å². The van der Waals surface area contributed by atoms with E-state index in [-0.39, 0.29) is 17.9 Å². The number of nitro benzene ring substituents is 1. The highest BCUT2D eigenvalue weighted by atomic mass is 32.1. The second-order valence-corrected chi connectivity index (χ2v) is 4.79. The highest BCUT2D eigenvalue weighted by Gasteiger charge is 2.14. The van der Waals surface area contributed by atoms with Gasteiger partial charge in [0, 0.05) is 11.4 Å². The van der Waals surface area contributed by atoms with Crippen molar-refractivity contribution < 1.29 is 10.0 Å². The molecule has 20 heavy (non-hydrogen) atoms. The number of aliphatic hydroxyl groups excluding tert-OH is 1. The van der Waals surface area contributed by atoms with Crippen molar-refractivity contribution in [1.29, 1.82) is 5.26 Å². The number of nitro groups is 1. The van der Waals surface area contributed by atoms with E-state index in [0.717, 1.165) is 0 Å². The van der Waals surface area contributed by atoms with Crippen LogP contribution in [0.1, 0.15) is 16.3 Å². The van der Waals surface area contributed by atoms with Crippen LogP contribution in [0.25, 0.3) is 0 Å². The van der Waals surface area contributed by atoms with E-state index in [1.165, 1.54) is 29.5 Å². The maximum absolute atomic E-state index is 11.0. The molecule has 1 aromatic heterocycles. The van der Waals surface area contributed by atoms with Crippen LogP contribution in [0.2, 0.25) is 0 Å². The van der Waals surface area contributed by atoms with Crippen molar-refractivity contribution in [1.82, 2.24) is 4.98 Å². The maximum atomic E-state index is 11.0. The Kier molecular flexibility index (Phi) is 4.24. The van der Waals surface area contributed by atoms with Crippen LogP contribution >= 0.6 is 11.3 Å². The van der Waals surface area contributed by atoms with Crippen molar-refractivity contribution in [2.24, 2.45) is 0 Å². The van der Waals surface area contributed by atoms with Gasteiger partial charge in [-0.15, -0.1) is 11.3 Å². The lowest BCUT2D eigenvalue weighted by Gasteiger charge is -2.05. The Hall–Kier alpha value is -2.50. The molecule has 7 nitrogen and oxygen atoms in total. The van der Waals surface area contributed by atoms with E-state index in [4.69, 9.17) is 10.4 Å². The molecule has 0 aliphatic carbocycles. The van der Waals surface area contributed by atoms with Crippen molar-refractivity contribution in [2.75, 3.05) is 5.32 Å². The van der Waals surface area contributed by atoms with Gasteiger partial charge in [-0.1, -0.05) is 0 Å². The van der Waals surface area contributed by atoms with E-state index in [0.29, 0.717) is 22.9 Å². The Bertz CT molecular complexity index is 678. The number of thiazole rings is 1. The van der Waals surface area contributed by atoms with Gasteiger partial charge < -0.3 is 10.4 Å². The third kappa shape index (κ3) is 3.09. The minimum Gasteiger partial charge on any atom is -0.390 e. The molecule has 2 rings (SSSR count). The summed E-state index contributed by atoms with van der Waals surface area (Å²) in [5.41, 5.74) is 0.984. The Morgan fingerprint density at radius 2 is 2.35 bits per heavy atom. The first kappa shape index (κ1) is 13.9. The van der Waals surface area contributed by atoms with E-state index in [9.17, 15) is 10.1 Å². The molecule has 0 atom stereocenters. The summed E-state index contributed by atoms with van der Waals surface area (Å²) in [7, 11) is 0. The van der Waals surface area contributed by atoms with E-state index in [1.807, 2.05) is 6.07 Å². The van der Waals surface area contributed by atoms with Crippen LogP contribution in [0, 0.1) is 21.4 Å². The summed E-state index contributed by atoms with van der Waals surface area (Å²) >= 11 is 1.36. The number of nitriles is 1. The highest BCUT2D eigenvalue weighted by molar-refractivity contribution is 7.09. The van der Waals surface area contributed by atoms with Gasteiger partial charge in [0.15, 0.2) is 0 Å². The lowest BCUT2D eigenvalue weighted by atomic mass is 10.2. The molecule has 1 heterocycles. The third-order valence-electron chi connectivity index (χ3n) is 2.51. The summed E-state index contributed by atoms with van der Waals surface area (Å²) in [6, 6.07) is 6.10. The number of nitrogens with one attached hydrogen (secondary N) is 1. The minimum atomic E-state index is -0.538. The zero-order chi connectivity index (χ0) is 14.5. The zero-order valence-corrected chi connectivity index (χ0v) is 11.1. The molecule has 1 aromatic carbocycles. The fourth-order valence-electron chi connectivity index (χ4n) is 1.58. The molecule has 0 aliphatic heterocycles. The average molecular weight is 290 g/mol. The largest absolute Gasteiger partial charge is 0.390 e. The summed E-state index contributed by atoms with van der Waals surface area (Å²) < 4.78 is 0. The van der Waals surface area contributed by atoms with Crippen LogP contribution in [-0.2, 0) is 13.2 Å². The van der Waals surface area contributed by atoms with Crippen LogP contribution < -0.4 is 5.32 Å². The normalized spacial score (nSPS) is 10.0. The Morgan fingerprint density at radius 3 is 2.95 bits per heavy atom. The number of nitrogens with zero attached hydrogens (tertiary/aromatic N) is 3. The molecule has 2 N–H and O–H groups in total. The molecule has 2 aromatic rings. The number of anilines is 1. The van der Waals surface area contributed by atoms with Gasteiger partial charge in [-0.25, -0.2) is 4.98 Å². The van der Waals surface area contributed by atoms with Crippen LogP contribution in [0.3, 0.4) is 0 Å². The van der Waals surface area contributed by atoms with Crippen molar-refractivity contribution >= 4 is 22.7 Å². The van der Waals surface area contributed by atoms with Gasteiger partial charge in [0.25, 0.3) is 5.69 Å². The SMILES string of the molecule is N#Cc1ccc(NCc2nc(CO)cs2)c([N+](=O)[O-])c1. The van der Waals surface area contributed by atoms with E-state index in [1.54, 1.807) is 5.38 Å². The molecular weight excluding hydrogens is 280 g/mol. The fraction of sp³-hybridized carbons (Fsp3) is 0.167. The predicted octanol–water partition coefficient (Wildman–Crippen LogP) is 2.03. The van der Waals surface area contributed by atoms with Gasteiger partial charge >= 0.3 is 0 Å². The average Bonchev–Trinajstić information content (AvgIpc) is 2.92. The second kappa shape index (κ2) is 6.10. The monoisotopic (exact) mass is 290 g/mol. The summed E-state index contributed by atoms with van der Waals surface area (Å²) in [5.74, 6) is 0. The molecule has 0 saturated heterocycles. The standard InChI is InChI=1S/C12H10N4O3S/c13-4-8-1-2-10(11(3-8)16(18)19)14-5-12-15-9(6-17)7-20-12/h1-3,7,14,17H,5-6H2. The van der Waals surface area contributed by atoms with Crippen molar-refractivity contribution in [3.05, 3.63) is 50.0 Å². The Morgan fingerprint density at radius 1 is 1.55 bits per heavy atom. The number of aliphatic hydroxyl groups is 1. The van der Waals surface area contributed by atoms with Gasteiger partial charge in [0.1, 0.15) is 10.7 Å². The highest BCUT2D eigenvalue weighted by Crippen LogP contribution is 2.26. The summed E-state index contributed by atoms with van der Waals surface area (Å²) in [5, 5.41) is 34.0. The molecule has 0 unspecified atom stereocenters. The number of aromatic nitrogens is 1. The molecule has 0 amide bonds. The van der Waals surface area contributed by atoms with Crippen LogP contribution in [0.15, 0.2) is 23.6 Å². The molecule has 0 aliphatic rings. The minimum absolute atomic E-state index is 0.131. The number of benzene rings is 1. The lowest BCUT2D eigenvalue weighted by Crippen LogP contribution is -2.03. The quantitative estimate of drug-likeness (QED) is 0.643. The van der Waals surface area contributed by atoms with Crippen LogP contribution in [-0.4, -0.2) is 15.0 Å². The van der Waals surface area contributed by atoms with Gasteiger partial charge in [-0.05, 0) is 12.1 Å². The third-order valence-corrected chi connectivity index (χ3v) is 3.41. The Labute approximate surface area is 118 Å². The molecule has 0 radical (unpaired) electrons. The van der Waals surface area contributed by atoms with Crippen molar-refractivity contribution in [3.63, 3.8) is 0 Å². The first-order chi connectivity index (χ1) is 9.63. The first-order valence-corrected chi connectivity index (χ1v) is 6.48. The summed E-state index contributed by atoms with van der Waals surface area (Å²) in [6.07, 6.45) is 0. The number of hydrogen-bond acceptors (Lipinski definition) is 7. The molecule has 102 valence electrons. The van der Waals surface area contributed by atoms with Crippen LogP contribution in [0.5, 0.6) is 0 Å². The smallest absolute Gasteiger partial charge is 0.293 e. The number of rotatable bonds is 5. The van der Waals surface area contributed by atoms with Gasteiger partial charge in [-0.3, -0.25) is 10.1 Å². The molecule has 0 bridgehead atoms. The molecule has 0 spiro atoms. The second-order valence-electron chi connectivity index (χ2n) is 3.85. The fourth-order valence-corrected chi connectivity index (χ4v) is 2.30. The Balaban J connectivity index is 2.16. The van der Waals surface area contributed by atoms with Gasteiger partial charge in [-0.2, -0.15) is 5.26 Å². The molecule has 0 saturated carbocycles. The van der Waals surface area contributed by atoms with Gasteiger partial charge in [0.2, 0.25) is 0 Å². The molecule has 0 fully saturated rings. The summed E-state index contributed by atoms with van der Waals surface area (Å²) in [4.78, 5) is 14.6. The van der Waals surface area contributed by atoms with E-state index < -0.39 is 4.92 Å². The topological polar surface area (TPSA) is 112 Å². The lowest BCUT2D eigenvalue weighted by molar-refractivity contribution is -0.384. The van der Waals surface area contributed by atoms with Crippen molar-refractivity contribution in [3.8, 4) is 6.07 Å². The summed E-state index contributed by atoms with van der Waals surface area (Å²) in [6.45, 7) is 0.185. The number of hydrogen-bond donors (Lipinski definition) is 2. The zero-order valence-electron chi connectivity index (χ0n) is 10.2. The predicted molar refractivity (Wildman–Crippen MR) is 73.2 cm³/mol. The molecule has 8 heteroatoms.